The van der Waals surface area contributed by atoms with Crippen molar-refractivity contribution in [1.82, 2.24) is 4.98 Å². The van der Waals surface area contributed by atoms with Gasteiger partial charge in [0.1, 0.15) is 5.52 Å². The Morgan fingerprint density at radius 2 is 1.22 bits per heavy atom. The van der Waals surface area contributed by atoms with Gasteiger partial charge in [0.2, 0.25) is 5.89 Å². The first kappa shape index (κ1) is 29.0. The van der Waals surface area contributed by atoms with Crippen LogP contribution in [0.15, 0.2) is 162 Å². The zero-order valence-electron chi connectivity index (χ0n) is 27.7. The highest BCUT2D eigenvalue weighted by molar-refractivity contribution is 7.26. The largest absolute Gasteiger partial charge is 0.436 e. The molecule has 4 heteroatoms. The van der Waals surface area contributed by atoms with Gasteiger partial charge < -0.3 is 9.32 Å². The number of anilines is 3. The van der Waals surface area contributed by atoms with Crippen LogP contribution in [0, 0.1) is 0 Å². The third-order valence-electron chi connectivity index (χ3n) is 10.3. The van der Waals surface area contributed by atoms with Crippen LogP contribution >= 0.6 is 11.3 Å². The van der Waals surface area contributed by atoms with Crippen LogP contribution in [0.2, 0.25) is 0 Å². The Bertz CT molecular complexity index is 2700. The summed E-state index contributed by atoms with van der Waals surface area (Å²) in [4.78, 5) is 7.26. The quantitative estimate of drug-likeness (QED) is 0.184. The highest BCUT2D eigenvalue weighted by atomic mass is 32.1. The molecule has 1 aliphatic carbocycles. The predicted molar refractivity (Wildman–Crippen MR) is 210 cm³/mol. The van der Waals surface area contributed by atoms with Crippen LogP contribution in [0.3, 0.4) is 0 Å². The summed E-state index contributed by atoms with van der Waals surface area (Å²) in [6.07, 6.45) is 0. The number of para-hydroxylation sites is 2. The van der Waals surface area contributed by atoms with Crippen LogP contribution in [0.5, 0.6) is 0 Å². The Kier molecular flexibility index (Phi) is 6.39. The molecule has 0 radical (unpaired) electrons. The van der Waals surface area contributed by atoms with Gasteiger partial charge in [-0.25, -0.2) is 4.98 Å². The maximum Gasteiger partial charge on any atom is 0.227 e. The van der Waals surface area contributed by atoms with Crippen LogP contribution < -0.4 is 4.90 Å². The molecule has 0 N–H and O–H groups in total. The highest BCUT2D eigenvalue weighted by Crippen LogP contribution is 2.51. The maximum atomic E-state index is 6.26. The number of fused-ring (bicyclic) bond motifs is 7. The summed E-state index contributed by atoms with van der Waals surface area (Å²) < 4.78 is 8.70. The Morgan fingerprint density at radius 3 is 2.08 bits per heavy atom. The van der Waals surface area contributed by atoms with Crippen LogP contribution in [0.25, 0.3) is 65.0 Å². The smallest absolute Gasteiger partial charge is 0.227 e. The lowest BCUT2D eigenvalue weighted by Gasteiger charge is -2.28. The van der Waals surface area contributed by atoms with Crippen molar-refractivity contribution in [2.45, 2.75) is 19.3 Å². The standard InChI is InChI=1S/C46H32N2OS/c1-46(2)38-15-7-6-13-34(38)35-25-23-32(27-39(35)46)48(31-21-19-30(20-22-31)29-11-4-3-5-12-29)33-24-26-36-43(28-33)50-42-18-10-14-37(44(36)42)45-47-40-16-8-9-17-41(40)49-45/h3-28H,1-2H3. The molecule has 238 valence electrons. The minimum Gasteiger partial charge on any atom is -0.436 e. The second-order valence-corrected chi connectivity index (χ2v) is 14.7. The molecule has 0 aliphatic heterocycles. The van der Waals surface area contributed by atoms with Crippen LogP contribution in [0.1, 0.15) is 25.0 Å². The Morgan fingerprint density at radius 1 is 0.540 bits per heavy atom. The van der Waals surface area contributed by atoms with E-state index < -0.39 is 0 Å². The van der Waals surface area contributed by atoms with Crippen LogP contribution in [-0.4, -0.2) is 4.98 Å². The summed E-state index contributed by atoms with van der Waals surface area (Å²) in [5.74, 6) is 0.655. The van der Waals surface area contributed by atoms with Gasteiger partial charge in [0.05, 0.1) is 0 Å². The number of thiophene rings is 1. The second-order valence-electron chi connectivity index (χ2n) is 13.6. The number of benzene rings is 7. The van der Waals surface area contributed by atoms with Crippen molar-refractivity contribution in [3.05, 3.63) is 169 Å². The number of hydrogen-bond acceptors (Lipinski definition) is 4. The van der Waals surface area contributed by atoms with Gasteiger partial charge in [0.15, 0.2) is 5.58 Å². The SMILES string of the molecule is CC1(C)c2ccccc2-c2ccc(N(c3ccc(-c4ccccc4)cc3)c3ccc4c(c3)sc3cccc(-c5nc6ccccc6o5)c34)cc21. The van der Waals surface area contributed by atoms with Crippen molar-refractivity contribution in [2.24, 2.45) is 0 Å². The molecular formula is C46H32N2OS. The third-order valence-corrected chi connectivity index (χ3v) is 11.4. The summed E-state index contributed by atoms with van der Waals surface area (Å²) in [6, 6.07) is 56.6. The van der Waals surface area contributed by atoms with Crippen molar-refractivity contribution in [3.8, 4) is 33.7 Å². The van der Waals surface area contributed by atoms with E-state index in [1.807, 2.05) is 35.6 Å². The zero-order chi connectivity index (χ0) is 33.4. The number of hydrogen-bond donors (Lipinski definition) is 0. The highest BCUT2D eigenvalue weighted by Gasteiger charge is 2.35. The first-order valence-electron chi connectivity index (χ1n) is 17.0. The first-order chi connectivity index (χ1) is 24.5. The van der Waals surface area contributed by atoms with Gasteiger partial charge in [-0.15, -0.1) is 11.3 Å². The molecule has 7 aromatic carbocycles. The van der Waals surface area contributed by atoms with Gasteiger partial charge >= 0.3 is 0 Å². The summed E-state index contributed by atoms with van der Waals surface area (Å²) in [7, 11) is 0. The molecular weight excluding hydrogens is 629 g/mol. The van der Waals surface area contributed by atoms with E-state index in [-0.39, 0.29) is 5.41 Å². The van der Waals surface area contributed by atoms with E-state index in [0.29, 0.717) is 5.89 Å². The van der Waals surface area contributed by atoms with Crippen LogP contribution in [-0.2, 0) is 5.41 Å². The van der Waals surface area contributed by atoms with Crippen LogP contribution in [0.4, 0.5) is 17.1 Å². The van der Waals surface area contributed by atoms with E-state index in [1.54, 1.807) is 0 Å². The van der Waals surface area contributed by atoms with Gasteiger partial charge in [-0.1, -0.05) is 111 Å². The maximum absolute atomic E-state index is 6.26. The number of oxazole rings is 1. The molecule has 10 rings (SSSR count). The zero-order valence-corrected chi connectivity index (χ0v) is 28.5. The molecule has 9 aromatic rings. The lowest BCUT2D eigenvalue weighted by Crippen LogP contribution is -2.16. The number of rotatable bonds is 5. The minimum absolute atomic E-state index is 0.0959. The van der Waals surface area contributed by atoms with E-state index >= 15 is 0 Å². The van der Waals surface area contributed by atoms with Crippen molar-refractivity contribution in [2.75, 3.05) is 4.90 Å². The fourth-order valence-corrected chi connectivity index (χ4v) is 9.00. The van der Waals surface area contributed by atoms with E-state index in [0.717, 1.165) is 33.7 Å². The molecule has 50 heavy (non-hydrogen) atoms. The topological polar surface area (TPSA) is 29.3 Å². The Hall–Kier alpha value is -5.97. The fraction of sp³-hybridized carbons (Fsp3) is 0.0652. The lowest BCUT2D eigenvalue weighted by atomic mass is 9.82. The molecule has 0 unspecified atom stereocenters. The normalized spacial score (nSPS) is 13.2. The fourth-order valence-electron chi connectivity index (χ4n) is 7.83. The molecule has 1 aliphatic rings. The first-order valence-corrected chi connectivity index (χ1v) is 17.9. The average Bonchev–Trinajstić information content (AvgIpc) is 3.83. The van der Waals surface area contributed by atoms with Crippen molar-refractivity contribution in [1.29, 1.82) is 0 Å². The molecule has 3 nitrogen and oxygen atoms in total. The van der Waals surface area contributed by atoms with Gasteiger partial charge in [-0.3, -0.25) is 0 Å². The van der Waals surface area contributed by atoms with Crippen molar-refractivity contribution >= 4 is 59.7 Å². The van der Waals surface area contributed by atoms with Gasteiger partial charge in [-0.2, -0.15) is 0 Å². The average molecular weight is 661 g/mol. The molecule has 2 heterocycles. The summed E-state index contributed by atoms with van der Waals surface area (Å²) in [6.45, 7) is 4.69. The predicted octanol–water partition coefficient (Wildman–Crippen LogP) is 13.3. The Labute approximate surface area is 294 Å². The molecule has 0 fully saturated rings. The van der Waals surface area contributed by atoms with Crippen molar-refractivity contribution in [3.63, 3.8) is 0 Å². The second kappa shape index (κ2) is 11.0. The van der Waals surface area contributed by atoms with E-state index in [2.05, 4.69) is 152 Å². The summed E-state index contributed by atoms with van der Waals surface area (Å²) in [5.41, 5.74) is 13.8. The third kappa shape index (κ3) is 4.45. The van der Waals surface area contributed by atoms with E-state index in [9.17, 15) is 0 Å². The monoisotopic (exact) mass is 660 g/mol. The molecule has 2 aromatic heterocycles. The van der Waals surface area contributed by atoms with E-state index in [4.69, 9.17) is 9.40 Å². The molecule has 0 saturated heterocycles. The summed E-state index contributed by atoms with van der Waals surface area (Å²) in [5, 5.41) is 2.39. The summed E-state index contributed by atoms with van der Waals surface area (Å²) >= 11 is 1.81. The number of nitrogens with zero attached hydrogens (tertiary/aromatic N) is 2. The van der Waals surface area contributed by atoms with Gasteiger partial charge in [-0.05, 0) is 94.0 Å². The Balaban J connectivity index is 1.14. The molecule has 0 spiro atoms. The molecule has 0 bridgehead atoms. The van der Waals surface area contributed by atoms with Crippen molar-refractivity contribution < 1.29 is 4.42 Å². The van der Waals surface area contributed by atoms with Gasteiger partial charge in [0.25, 0.3) is 0 Å². The lowest BCUT2D eigenvalue weighted by molar-refractivity contribution is 0.620. The van der Waals surface area contributed by atoms with Gasteiger partial charge in [0, 0.05) is 48.2 Å². The molecule has 0 atom stereocenters. The molecule has 0 saturated carbocycles. The molecule has 0 amide bonds. The van der Waals surface area contributed by atoms with E-state index in [1.165, 1.54) is 53.6 Å². The number of aromatic nitrogens is 1. The minimum atomic E-state index is -0.0959.